The first kappa shape index (κ1) is 11.6. The van der Waals surface area contributed by atoms with Gasteiger partial charge < -0.3 is 4.74 Å². The van der Waals surface area contributed by atoms with Crippen LogP contribution in [-0.4, -0.2) is 21.3 Å². The van der Waals surface area contributed by atoms with Crippen molar-refractivity contribution in [1.29, 1.82) is 0 Å². The molecule has 0 radical (unpaired) electrons. The van der Waals surface area contributed by atoms with Crippen molar-refractivity contribution in [2.75, 3.05) is 12.9 Å². The molecule has 0 aliphatic rings. The number of sulfone groups is 1. The van der Waals surface area contributed by atoms with Gasteiger partial charge in [-0.2, -0.15) is 0 Å². The smallest absolute Gasteiger partial charge is 0.193 e. The summed E-state index contributed by atoms with van der Waals surface area (Å²) < 4.78 is 28.5. The largest absolute Gasteiger partial charge is 0.495 e. The van der Waals surface area contributed by atoms with Gasteiger partial charge in [0.1, 0.15) is 16.4 Å². The molecule has 0 unspecified atom stereocenters. The molecule has 80 valence electrons. The standard InChI is InChI=1S/C11H12O3S/c1-4-7-15(12,13)11-8-9(2)5-6-10(11)14-3/h1,5-6,8H,7H2,2-3H3. The summed E-state index contributed by atoms with van der Waals surface area (Å²) in [5.41, 5.74) is 0.853. The van der Waals surface area contributed by atoms with Gasteiger partial charge in [0, 0.05) is 0 Å². The Morgan fingerprint density at radius 3 is 2.67 bits per heavy atom. The fourth-order valence-electron chi connectivity index (χ4n) is 1.21. The van der Waals surface area contributed by atoms with Crippen LogP contribution in [0, 0.1) is 19.3 Å². The molecule has 0 aliphatic carbocycles. The number of hydrogen-bond donors (Lipinski definition) is 0. The second-order valence-electron chi connectivity index (χ2n) is 3.12. The van der Waals surface area contributed by atoms with Crippen molar-refractivity contribution < 1.29 is 13.2 Å². The summed E-state index contributed by atoms with van der Waals surface area (Å²) in [7, 11) is -2.01. The van der Waals surface area contributed by atoms with Crippen LogP contribution in [0.2, 0.25) is 0 Å². The monoisotopic (exact) mass is 224 g/mol. The molecule has 3 nitrogen and oxygen atoms in total. The SMILES string of the molecule is C#CCS(=O)(=O)c1cc(C)ccc1OC. The molecule has 0 saturated heterocycles. The zero-order valence-corrected chi connectivity index (χ0v) is 9.47. The normalized spacial score (nSPS) is 10.7. The van der Waals surface area contributed by atoms with Crippen molar-refractivity contribution in [2.45, 2.75) is 11.8 Å². The lowest BCUT2D eigenvalue weighted by atomic mass is 10.2. The molecular formula is C11H12O3S. The Kier molecular flexibility index (Phi) is 3.38. The van der Waals surface area contributed by atoms with Crippen LogP contribution in [0.4, 0.5) is 0 Å². The van der Waals surface area contributed by atoms with Crippen molar-refractivity contribution in [1.82, 2.24) is 0 Å². The minimum atomic E-state index is -3.44. The number of methoxy groups -OCH3 is 1. The van der Waals surface area contributed by atoms with E-state index in [1.807, 2.05) is 6.92 Å². The van der Waals surface area contributed by atoms with Gasteiger partial charge in [-0.1, -0.05) is 12.0 Å². The topological polar surface area (TPSA) is 43.4 Å². The van der Waals surface area contributed by atoms with Gasteiger partial charge in [-0.25, -0.2) is 8.42 Å². The first-order valence-corrected chi connectivity index (χ1v) is 5.97. The number of rotatable bonds is 3. The van der Waals surface area contributed by atoms with Crippen molar-refractivity contribution in [3.8, 4) is 18.1 Å². The molecule has 0 fully saturated rings. The van der Waals surface area contributed by atoms with E-state index in [2.05, 4.69) is 5.92 Å². The summed E-state index contributed by atoms with van der Waals surface area (Å²) in [6.07, 6.45) is 5.01. The Morgan fingerprint density at radius 2 is 2.13 bits per heavy atom. The van der Waals surface area contributed by atoms with Crippen LogP contribution in [-0.2, 0) is 9.84 Å². The molecule has 1 aromatic carbocycles. The van der Waals surface area contributed by atoms with E-state index >= 15 is 0 Å². The average Bonchev–Trinajstić information content (AvgIpc) is 2.17. The minimum absolute atomic E-state index is 0.156. The van der Waals surface area contributed by atoms with Gasteiger partial charge >= 0.3 is 0 Å². The van der Waals surface area contributed by atoms with Crippen LogP contribution >= 0.6 is 0 Å². The van der Waals surface area contributed by atoms with Crippen molar-refractivity contribution >= 4 is 9.84 Å². The van der Waals surface area contributed by atoms with Crippen molar-refractivity contribution in [2.24, 2.45) is 0 Å². The van der Waals surface area contributed by atoms with Crippen LogP contribution in [0.25, 0.3) is 0 Å². The van der Waals surface area contributed by atoms with Gasteiger partial charge in [0.15, 0.2) is 9.84 Å². The predicted molar refractivity (Wildman–Crippen MR) is 58.6 cm³/mol. The maximum Gasteiger partial charge on any atom is 0.193 e. The fraction of sp³-hybridized carbons (Fsp3) is 0.273. The Bertz CT molecular complexity index is 495. The van der Waals surface area contributed by atoms with Gasteiger partial charge in [-0.15, -0.1) is 6.42 Å². The Balaban J connectivity index is 3.36. The number of benzene rings is 1. The van der Waals surface area contributed by atoms with Gasteiger partial charge in [0.25, 0.3) is 0 Å². The van der Waals surface area contributed by atoms with Crippen molar-refractivity contribution in [3.05, 3.63) is 23.8 Å². The molecule has 0 heterocycles. The van der Waals surface area contributed by atoms with Crippen LogP contribution in [0.15, 0.2) is 23.1 Å². The summed E-state index contributed by atoms with van der Waals surface area (Å²) in [4.78, 5) is 0.156. The Morgan fingerprint density at radius 1 is 1.47 bits per heavy atom. The molecule has 0 N–H and O–H groups in total. The Labute approximate surface area is 90.0 Å². The van der Waals surface area contributed by atoms with E-state index in [0.717, 1.165) is 5.56 Å². The second kappa shape index (κ2) is 4.37. The van der Waals surface area contributed by atoms with Crippen LogP contribution in [0.5, 0.6) is 5.75 Å². The maximum atomic E-state index is 11.7. The van der Waals surface area contributed by atoms with E-state index in [9.17, 15) is 8.42 Å². The second-order valence-corrected chi connectivity index (χ2v) is 5.08. The molecule has 1 aromatic rings. The molecule has 0 saturated carbocycles. The van der Waals surface area contributed by atoms with E-state index < -0.39 is 9.84 Å². The minimum Gasteiger partial charge on any atom is -0.495 e. The molecule has 4 heteroatoms. The van der Waals surface area contributed by atoms with E-state index in [-0.39, 0.29) is 10.6 Å². The molecule has 1 rings (SSSR count). The number of terminal acetylenes is 1. The highest BCUT2D eigenvalue weighted by Gasteiger charge is 2.18. The molecule has 0 bridgehead atoms. The van der Waals surface area contributed by atoms with Gasteiger partial charge in [-0.3, -0.25) is 0 Å². The average molecular weight is 224 g/mol. The first-order chi connectivity index (χ1) is 7.01. The van der Waals surface area contributed by atoms with E-state index in [4.69, 9.17) is 11.2 Å². The molecule has 0 aromatic heterocycles. The van der Waals surface area contributed by atoms with E-state index in [0.29, 0.717) is 5.75 Å². The first-order valence-electron chi connectivity index (χ1n) is 4.32. The predicted octanol–water partition coefficient (Wildman–Crippen LogP) is 1.41. The summed E-state index contributed by atoms with van der Waals surface area (Å²) in [5, 5.41) is 0. The highest BCUT2D eigenvalue weighted by Crippen LogP contribution is 2.25. The van der Waals surface area contributed by atoms with Gasteiger partial charge in [-0.05, 0) is 24.6 Å². The third kappa shape index (κ3) is 2.51. The van der Waals surface area contributed by atoms with Gasteiger partial charge in [0.05, 0.1) is 7.11 Å². The number of hydrogen-bond acceptors (Lipinski definition) is 3. The molecule has 0 amide bonds. The molecule has 0 spiro atoms. The highest BCUT2D eigenvalue weighted by atomic mass is 32.2. The summed E-state index contributed by atoms with van der Waals surface area (Å²) in [5.74, 6) is 2.15. The zero-order valence-electron chi connectivity index (χ0n) is 8.65. The van der Waals surface area contributed by atoms with Crippen LogP contribution in [0.3, 0.4) is 0 Å². The van der Waals surface area contributed by atoms with E-state index in [1.165, 1.54) is 7.11 Å². The lowest BCUT2D eigenvalue weighted by Crippen LogP contribution is -2.07. The molecule has 0 atom stereocenters. The van der Waals surface area contributed by atoms with Crippen LogP contribution in [0.1, 0.15) is 5.56 Å². The zero-order chi connectivity index (χ0) is 11.5. The third-order valence-electron chi connectivity index (χ3n) is 1.93. The van der Waals surface area contributed by atoms with Crippen LogP contribution < -0.4 is 4.74 Å². The maximum absolute atomic E-state index is 11.7. The summed E-state index contributed by atoms with van der Waals surface area (Å²) in [6.45, 7) is 1.81. The number of ether oxygens (including phenoxy) is 1. The highest BCUT2D eigenvalue weighted by molar-refractivity contribution is 7.91. The lowest BCUT2D eigenvalue weighted by Gasteiger charge is -2.08. The van der Waals surface area contributed by atoms with Crippen molar-refractivity contribution in [3.63, 3.8) is 0 Å². The molecular weight excluding hydrogens is 212 g/mol. The van der Waals surface area contributed by atoms with E-state index in [1.54, 1.807) is 18.2 Å². The van der Waals surface area contributed by atoms with Gasteiger partial charge in [0.2, 0.25) is 0 Å². The quantitative estimate of drug-likeness (QED) is 0.729. The summed E-state index contributed by atoms with van der Waals surface area (Å²) in [6, 6.07) is 4.97. The Hall–Kier alpha value is -1.47. The molecule has 15 heavy (non-hydrogen) atoms. The summed E-state index contributed by atoms with van der Waals surface area (Å²) >= 11 is 0. The fourth-order valence-corrected chi connectivity index (χ4v) is 2.41. The molecule has 0 aliphatic heterocycles. The number of aryl methyl sites for hydroxylation is 1. The third-order valence-corrected chi connectivity index (χ3v) is 3.46. The lowest BCUT2D eigenvalue weighted by molar-refractivity contribution is 0.402.